The minimum absolute atomic E-state index is 0.0187. The fourth-order valence-corrected chi connectivity index (χ4v) is 2.16. The molecular formula is C12H20ClNO2. The molecule has 0 aromatic heterocycles. The highest BCUT2D eigenvalue weighted by molar-refractivity contribution is 6.17. The summed E-state index contributed by atoms with van der Waals surface area (Å²) in [5, 5.41) is 0. The molecule has 0 saturated carbocycles. The van der Waals surface area contributed by atoms with Crippen LogP contribution in [-0.2, 0) is 9.59 Å². The van der Waals surface area contributed by atoms with Gasteiger partial charge in [0.1, 0.15) is 0 Å². The largest absolute Gasteiger partial charge is 0.282 e. The number of carbonyl (C=O) groups excluding carboxylic acids is 2. The summed E-state index contributed by atoms with van der Waals surface area (Å²) < 4.78 is 0. The van der Waals surface area contributed by atoms with Crippen molar-refractivity contribution in [1.82, 2.24) is 4.90 Å². The first-order chi connectivity index (χ1) is 7.49. The molecule has 3 nitrogen and oxygen atoms in total. The smallest absolute Gasteiger partial charge is 0.235 e. The third kappa shape index (κ3) is 3.21. The molecule has 1 saturated heterocycles. The van der Waals surface area contributed by atoms with Gasteiger partial charge in [-0.05, 0) is 12.8 Å². The molecular weight excluding hydrogens is 226 g/mol. The van der Waals surface area contributed by atoms with Gasteiger partial charge in [0.2, 0.25) is 11.8 Å². The van der Waals surface area contributed by atoms with Crippen molar-refractivity contribution in [3.63, 3.8) is 0 Å². The van der Waals surface area contributed by atoms with E-state index in [1.54, 1.807) is 0 Å². The summed E-state index contributed by atoms with van der Waals surface area (Å²) in [6.45, 7) is 4.24. The molecule has 1 heterocycles. The third-order valence-electron chi connectivity index (χ3n) is 2.98. The predicted molar refractivity (Wildman–Crippen MR) is 64.3 cm³/mol. The molecule has 0 N–H and O–H groups in total. The van der Waals surface area contributed by atoms with Crippen LogP contribution in [0.2, 0.25) is 0 Å². The molecule has 0 aromatic carbocycles. The fraction of sp³-hybridized carbons (Fsp3) is 0.833. The number of imide groups is 1. The first kappa shape index (κ1) is 13.5. The van der Waals surface area contributed by atoms with Crippen LogP contribution in [-0.4, -0.2) is 29.1 Å². The Morgan fingerprint density at radius 3 is 2.31 bits per heavy atom. The second-order valence-electron chi connectivity index (χ2n) is 5.01. The summed E-state index contributed by atoms with van der Waals surface area (Å²) in [6.07, 6.45) is 4.36. The Labute approximate surface area is 102 Å². The second-order valence-corrected chi connectivity index (χ2v) is 5.39. The van der Waals surface area contributed by atoms with Crippen molar-refractivity contribution in [1.29, 1.82) is 0 Å². The average molecular weight is 246 g/mol. The van der Waals surface area contributed by atoms with Crippen molar-refractivity contribution >= 4 is 23.4 Å². The Balaban J connectivity index is 2.32. The molecule has 92 valence electrons. The Bertz CT molecular complexity index is 276. The highest BCUT2D eigenvalue weighted by Crippen LogP contribution is 2.31. The third-order valence-corrected chi connectivity index (χ3v) is 3.25. The van der Waals surface area contributed by atoms with E-state index in [2.05, 4.69) is 0 Å². The molecule has 1 aliphatic rings. The monoisotopic (exact) mass is 245 g/mol. The van der Waals surface area contributed by atoms with Crippen LogP contribution in [0.4, 0.5) is 0 Å². The summed E-state index contributed by atoms with van der Waals surface area (Å²) in [4.78, 5) is 24.9. The zero-order valence-electron chi connectivity index (χ0n) is 10.1. The van der Waals surface area contributed by atoms with Crippen LogP contribution in [0.15, 0.2) is 0 Å². The minimum Gasteiger partial charge on any atom is -0.282 e. The molecule has 1 rings (SSSR count). The topological polar surface area (TPSA) is 37.4 Å². The number of carbonyl (C=O) groups is 2. The molecule has 16 heavy (non-hydrogen) atoms. The molecule has 0 aromatic rings. The van der Waals surface area contributed by atoms with E-state index in [9.17, 15) is 9.59 Å². The average Bonchev–Trinajstić information content (AvgIpc) is 2.39. The maximum Gasteiger partial charge on any atom is 0.235 e. The van der Waals surface area contributed by atoms with E-state index in [-0.39, 0.29) is 11.8 Å². The molecule has 2 amide bonds. The van der Waals surface area contributed by atoms with E-state index in [4.69, 9.17) is 11.6 Å². The summed E-state index contributed by atoms with van der Waals surface area (Å²) in [7, 11) is 0. The van der Waals surface area contributed by atoms with Gasteiger partial charge in [-0.3, -0.25) is 14.5 Å². The van der Waals surface area contributed by atoms with Crippen LogP contribution < -0.4 is 0 Å². The molecule has 0 bridgehead atoms. The SMILES string of the molecule is CC1(C)CC(=O)N(CCCCCCCl)C1=O. The van der Waals surface area contributed by atoms with Gasteiger partial charge in [0, 0.05) is 18.8 Å². The standard InChI is InChI=1S/C12H20ClNO2/c1-12(2)9-10(15)14(11(12)16)8-6-4-3-5-7-13/h3-9H2,1-2H3. The van der Waals surface area contributed by atoms with Crippen LogP contribution >= 0.6 is 11.6 Å². The van der Waals surface area contributed by atoms with Gasteiger partial charge >= 0.3 is 0 Å². The number of halogens is 1. The number of nitrogens with zero attached hydrogens (tertiary/aromatic N) is 1. The Morgan fingerprint density at radius 1 is 1.19 bits per heavy atom. The Hall–Kier alpha value is -0.570. The molecule has 1 aliphatic heterocycles. The molecule has 0 radical (unpaired) electrons. The van der Waals surface area contributed by atoms with E-state index >= 15 is 0 Å². The van der Waals surface area contributed by atoms with Gasteiger partial charge in [0.25, 0.3) is 0 Å². The first-order valence-electron chi connectivity index (χ1n) is 5.90. The van der Waals surface area contributed by atoms with Gasteiger partial charge in [-0.25, -0.2) is 0 Å². The highest BCUT2D eigenvalue weighted by atomic mass is 35.5. The Kier molecular flexibility index (Phi) is 4.78. The number of alkyl halides is 1. The van der Waals surface area contributed by atoms with Crippen molar-refractivity contribution in [2.24, 2.45) is 5.41 Å². The van der Waals surface area contributed by atoms with Gasteiger partial charge in [0.15, 0.2) is 0 Å². The number of unbranched alkanes of at least 4 members (excludes halogenated alkanes) is 3. The van der Waals surface area contributed by atoms with Crippen molar-refractivity contribution in [2.45, 2.75) is 46.0 Å². The molecule has 4 heteroatoms. The molecule has 1 fully saturated rings. The summed E-state index contributed by atoms with van der Waals surface area (Å²) in [5.41, 5.74) is -0.493. The van der Waals surface area contributed by atoms with Crippen molar-refractivity contribution in [3.8, 4) is 0 Å². The van der Waals surface area contributed by atoms with E-state index in [1.165, 1.54) is 4.90 Å². The van der Waals surface area contributed by atoms with Gasteiger partial charge in [-0.15, -0.1) is 11.6 Å². The number of hydrogen-bond donors (Lipinski definition) is 0. The summed E-state index contributed by atoms with van der Waals surface area (Å²) >= 11 is 5.57. The fourth-order valence-electron chi connectivity index (χ4n) is 1.97. The number of amides is 2. The number of likely N-dealkylation sites (tertiary alicyclic amines) is 1. The van der Waals surface area contributed by atoms with Crippen molar-refractivity contribution in [2.75, 3.05) is 12.4 Å². The van der Waals surface area contributed by atoms with Crippen LogP contribution in [0.25, 0.3) is 0 Å². The lowest BCUT2D eigenvalue weighted by atomic mass is 9.92. The summed E-state index contributed by atoms with van der Waals surface area (Å²) in [5.74, 6) is 0.649. The van der Waals surface area contributed by atoms with Crippen LogP contribution in [0, 0.1) is 5.41 Å². The predicted octanol–water partition coefficient (Wildman–Crippen LogP) is 2.57. The van der Waals surface area contributed by atoms with Crippen molar-refractivity contribution in [3.05, 3.63) is 0 Å². The molecule has 0 aliphatic carbocycles. The van der Waals surface area contributed by atoms with Crippen molar-refractivity contribution < 1.29 is 9.59 Å². The normalized spacial score (nSPS) is 19.6. The van der Waals surface area contributed by atoms with Gasteiger partial charge in [0.05, 0.1) is 5.41 Å². The number of rotatable bonds is 6. The van der Waals surface area contributed by atoms with Gasteiger partial charge in [-0.1, -0.05) is 26.7 Å². The van der Waals surface area contributed by atoms with Crippen LogP contribution in [0.3, 0.4) is 0 Å². The first-order valence-corrected chi connectivity index (χ1v) is 6.43. The lowest BCUT2D eigenvalue weighted by molar-refractivity contribution is -0.140. The lowest BCUT2D eigenvalue weighted by Gasteiger charge is -2.17. The Morgan fingerprint density at radius 2 is 1.81 bits per heavy atom. The van der Waals surface area contributed by atoms with E-state index in [0.29, 0.717) is 18.8 Å². The van der Waals surface area contributed by atoms with E-state index < -0.39 is 5.41 Å². The molecule has 0 atom stereocenters. The lowest BCUT2D eigenvalue weighted by Crippen LogP contribution is -2.33. The minimum atomic E-state index is -0.493. The maximum absolute atomic E-state index is 11.8. The highest BCUT2D eigenvalue weighted by Gasteiger charge is 2.44. The van der Waals surface area contributed by atoms with E-state index in [1.807, 2.05) is 13.8 Å². The quantitative estimate of drug-likeness (QED) is 0.410. The van der Waals surface area contributed by atoms with E-state index in [0.717, 1.165) is 25.7 Å². The van der Waals surface area contributed by atoms with Gasteiger partial charge in [-0.2, -0.15) is 0 Å². The summed E-state index contributed by atoms with van der Waals surface area (Å²) in [6, 6.07) is 0. The number of hydrogen-bond acceptors (Lipinski definition) is 2. The van der Waals surface area contributed by atoms with Crippen LogP contribution in [0.1, 0.15) is 46.0 Å². The second kappa shape index (κ2) is 5.67. The zero-order chi connectivity index (χ0) is 12.2. The zero-order valence-corrected chi connectivity index (χ0v) is 10.8. The molecule has 0 spiro atoms. The van der Waals surface area contributed by atoms with Gasteiger partial charge < -0.3 is 0 Å². The molecule has 0 unspecified atom stereocenters. The maximum atomic E-state index is 11.8. The van der Waals surface area contributed by atoms with Crippen LogP contribution in [0.5, 0.6) is 0 Å².